The number of fused-ring (bicyclic) bond motifs is 1. The summed E-state index contributed by atoms with van der Waals surface area (Å²) in [4.78, 5) is 16.9. The van der Waals surface area contributed by atoms with E-state index in [0.29, 0.717) is 16.2 Å². The number of halogens is 1. The van der Waals surface area contributed by atoms with Gasteiger partial charge in [0, 0.05) is 10.9 Å². The van der Waals surface area contributed by atoms with Gasteiger partial charge in [0.15, 0.2) is 5.78 Å². The summed E-state index contributed by atoms with van der Waals surface area (Å²) in [6.07, 6.45) is 0. The standard InChI is InChI=1S/C20H15FN2OS/c1-12-3-4-13(2)19-17(12)9-15(10-22)20(23-19)25-11-18(24)14-5-7-16(21)8-6-14/h3-9H,11H2,1-2H3. The van der Waals surface area contributed by atoms with Gasteiger partial charge in [0.05, 0.1) is 16.8 Å². The fourth-order valence-electron chi connectivity index (χ4n) is 2.56. The molecule has 0 aliphatic rings. The van der Waals surface area contributed by atoms with Crippen molar-refractivity contribution in [3.05, 3.63) is 70.5 Å². The molecule has 1 heterocycles. The Kier molecular flexibility index (Phi) is 4.82. The van der Waals surface area contributed by atoms with Crippen molar-refractivity contribution >= 4 is 28.4 Å². The van der Waals surface area contributed by atoms with Gasteiger partial charge in [-0.25, -0.2) is 9.37 Å². The number of rotatable bonds is 4. The first-order valence-electron chi connectivity index (χ1n) is 7.72. The Bertz CT molecular complexity index is 1010. The zero-order valence-electron chi connectivity index (χ0n) is 13.8. The van der Waals surface area contributed by atoms with Crippen LogP contribution in [0.1, 0.15) is 27.0 Å². The average Bonchev–Trinajstić information content (AvgIpc) is 2.62. The minimum atomic E-state index is -0.377. The van der Waals surface area contributed by atoms with E-state index in [0.717, 1.165) is 22.0 Å². The second kappa shape index (κ2) is 7.04. The maximum atomic E-state index is 13.0. The molecule has 2 aromatic carbocycles. The third-order valence-electron chi connectivity index (χ3n) is 4.00. The van der Waals surface area contributed by atoms with Crippen molar-refractivity contribution in [3.8, 4) is 6.07 Å². The summed E-state index contributed by atoms with van der Waals surface area (Å²) >= 11 is 1.23. The van der Waals surface area contributed by atoms with Crippen LogP contribution < -0.4 is 0 Å². The van der Waals surface area contributed by atoms with E-state index in [1.165, 1.54) is 36.0 Å². The van der Waals surface area contributed by atoms with Crippen LogP contribution in [-0.2, 0) is 0 Å². The lowest BCUT2D eigenvalue weighted by Gasteiger charge is -2.09. The second-order valence-corrected chi connectivity index (χ2v) is 6.73. The fourth-order valence-corrected chi connectivity index (χ4v) is 3.41. The van der Waals surface area contributed by atoms with E-state index < -0.39 is 0 Å². The number of thioether (sulfide) groups is 1. The normalized spacial score (nSPS) is 10.6. The van der Waals surface area contributed by atoms with Crippen LogP contribution in [0.2, 0.25) is 0 Å². The molecular weight excluding hydrogens is 335 g/mol. The number of Topliss-reactive ketones (excluding diaryl/α,β-unsaturated/α-hetero) is 1. The molecule has 0 aliphatic carbocycles. The van der Waals surface area contributed by atoms with Gasteiger partial charge in [-0.05, 0) is 55.3 Å². The van der Waals surface area contributed by atoms with E-state index in [4.69, 9.17) is 0 Å². The van der Waals surface area contributed by atoms with Crippen LogP contribution in [0.3, 0.4) is 0 Å². The Labute approximate surface area is 149 Å². The van der Waals surface area contributed by atoms with Crippen LogP contribution in [0, 0.1) is 31.0 Å². The molecular formula is C20H15FN2OS. The summed E-state index contributed by atoms with van der Waals surface area (Å²) in [5, 5.41) is 10.9. The number of benzene rings is 2. The summed E-state index contributed by atoms with van der Waals surface area (Å²) in [7, 11) is 0. The maximum absolute atomic E-state index is 13.0. The molecule has 0 spiro atoms. The third kappa shape index (κ3) is 3.54. The van der Waals surface area contributed by atoms with Gasteiger partial charge >= 0.3 is 0 Å². The maximum Gasteiger partial charge on any atom is 0.173 e. The molecule has 0 aliphatic heterocycles. The second-order valence-electron chi connectivity index (χ2n) is 5.77. The van der Waals surface area contributed by atoms with Crippen LogP contribution in [0.25, 0.3) is 10.9 Å². The Morgan fingerprint density at radius 2 is 1.84 bits per heavy atom. The van der Waals surface area contributed by atoms with Crippen LogP contribution in [0.4, 0.5) is 4.39 Å². The molecule has 0 bridgehead atoms. The van der Waals surface area contributed by atoms with Crippen LogP contribution in [-0.4, -0.2) is 16.5 Å². The number of carbonyl (C=O) groups excluding carboxylic acids is 1. The van der Waals surface area contributed by atoms with Gasteiger partial charge < -0.3 is 0 Å². The molecule has 0 amide bonds. The van der Waals surface area contributed by atoms with E-state index in [2.05, 4.69) is 11.1 Å². The zero-order valence-corrected chi connectivity index (χ0v) is 14.7. The molecule has 3 rings (SSSR count). The zero-order chi connectivity index (χ0) is 18.0. The van der Waals surface area contributed by atoms with E-state index >= 15 is 0 Å². The highest BCUT2D eigenvalue weighted by atomic mass is 32.2. The molecule has 0 N–H and O–H groups in total. The van der Waals surface area contributed by atoms with E-state index in [1.807, 2.05) is 32.0 Å². The van der Waals surface area contributed by atoms with Crippen molar-refractivity contribution in [3.63, 3.8) is 0 Å². The average molecular weight is 350 g/mol. The van der Waals surface area contributed by atoms with Gasteiger partial charge in [0.1, 0.15) is 16.9 Å². The molecule has 124 valence electrons. The Morgan fingerprint density at radius 1 is 1.16 bits per heavy atom. The van der Waals surface area contributed by atoms with Gasteiger partial charge in [-0.15, -0.1) is 0 Å². The van der Waals surface area contributed by atoms with Crippen LogP contribution in [0.5, 0.6) is 0 Å². The highest BCUT2D eigenvalue weighted by molar-refractivity contribution is 8.00. The smallest absolute Gasteiger partial charge is 0.173 e. The van der Waals surface area contributed by atoms with E-state index in [9.17, 15) is 14.4 Å². The topological polar surface area (TPSA) is 53.8 Å². The van der Waals surface area contributed by atoms with Crippen molar-refractivity contribution in [1.29, 1.82) is 5.26 Å². The molecule has 0 saturated carbocycles. The van der Waals surface area contributed by atoms with Gasteiger partial charge in [-0.2, -0.15) is 5.26 Å². The fraction of sp³-hybridized carbons (Fsp3) is 0.150. The molecule has 5 heteroatoms. The summed E-state index contributed by atoms with van der Waals surface area (Å²) in [6, 6.07) is 13.4. The van der Waals surface area contributed by atoms with Crippen molar-refractivity contribution in [2.45, 2.75) is 18.9 Å². The Hall–Kier alpha value is -2.71. The van der Waals surface area contributed by atoms with Crippen LogP contribution >= 0.6 is 11.8 Å². The highest BCUT2D eigenvalue weighted by Crippen LogP contribution is 2.28. The number of carbonyl (C=O) groups is 1. The lowest BCUT2D eigenvalue weighted by molar-refractivity contribution is 0.102. The Morgan fingerprint density at radius 3 is 2.52 bits per heavy atom. The largest absolute Gasteiger partial charge is 0.293 e. The molecule has 0 radical (unpaired) electrons. The lowest BCUT2D eigenvalue weighted by atomic mass is 10.0. The number of nitrogens with zero attached hydrogens (tertiary/aromatic N) is 2. The summed E-state index contributed by atoms with van der Waals surface area (Å²) in [5.74, 6) is -0.362. The summed E-state index contributed by atoms with van der Waals surface area (Å²) < 4.78 is 13.0. The molecule has 0 atom stereocenters. The predicted molar refractivity (Wildman–Crippen MR) is 97.4 cm³/mol. The molecule has 25 heavy (non-hydrogen) atoms. The first-order valence-corrected chi connectivity index (χ1v) is 8.71. The number of hydrogen-bond donors (Lipinski definition) is 0. The van der Waals surface area contributed by atoms with E-state index in [-0.39, 0.29) is 17.4 Å². The number of aromatic nitrogens is 1. The van der Waals surface area contributed by atoms with E-state index in [1.54, 1.807) is 0 Å². The van der Waals surface area contributed by atoms with Crippen molar-refractivity contribution in [2.24, 2.45) is 0 Å². The quantitative estimate of drug-likeness (QED) is 0.499. The Balaban J connectivity index is 1.90. The van der Waals surface area contributed by atoms with Crippen molar-refractivity contribution < 1.29 is 9.18 Å². The molecule has 0 unspecified atom stereocenters. The minimum Gasteiger partial charge on any atom is -0.293 e. The number of hydrogen-bond acceptors (Lipinski definition) is 4. The van der Waals surface area contributed by atoms with Crippen molar-refractivity contribution in [2.75, 3.05) is 5.75 Å². The van der Waals surface area contributed by atoms with Crippen molar-refractivity contribution in [1.82, 2.24) is 4.98 Å². The van der Waals surface area contributed by atoms with Gasteiger partial charge in [-0.3, -0.25) is 4.79 Å². The summed E-state index contributed by atoms with van der Waals surface area (Å²) in [6.45, 7) is 3.95. The molecule has 0 fully saturated rings. The van der Waals surface area contributed by atoms with Gasteiger partial charge in [-0.1, -0.05) is 23.9 Å². The SMILES string of the molecule is Cc1ccc(C)c2nc(SCC(=O)c3ccc(F)cc3)c(C#N)cc12. The van der Waals surface area contributed by atoms with Gasteiger partial charge in [0.2, 0.25) is 0 Å². The monoisotopic (exact) mass is 350 g/mol. The molecule has 0 saturated heterocycles. The highest BCUT2D eigenvalue weighted by Gasteiger charge is 2.13. The molecule has 1 aromatic heterocycles. The minimum absolute atomic E-state index is 0.128. The summed E-state index contributed by atoms with van der Waals surface area (Å²) in [5.41, 5.74) is 3.83. The number of pyridine rings is 1. The van der Waals surface area contributed by atoms with Crippen LogP contribution in [0.15, 0.2) is 47.5 Å². The lowest BCUT2D eigenvalue weighted by Crippen LogP contribution is -2.03. The molecule has 3 aromatic rings. The van der Waals surface area contributed by atoms with Gasteiger partial charge in [0.25, 0.3) is 0 Å². The third-order valence-corrected chi connectivity index (χ3v) is 4.99. The number of ketones is 1. The number of aryl methyl sites for hydroxylation is 2. The number of nitriles is 1. The molecule has 3 nitrogen and oxygen atoms in total. The predicted octanol–water partition coefficient (Wildman–Crippen LogP) is 4.84. The first-order chi connectivity index (χ1) is 12.0. The first kappa shape index (κ1) is 17.1.